The zero-order chi connectivity index (χ0) is 19.6. The summed E-state index contributed by atoms with van der Waals surface area (Å²) in [5.41, 5.74) is -0.106. The number of hydrogen-bond donors (Lipinski definition) is 0. The molecule has 1 aromatic heterocycles. The van der Waals surface area contributed by atoms with E-state index >= 15 is 0 Å². The Morgan fingerprint density at radius 2 is 2.00 bits per heavy atom. The molecule has 1 aliphatic heterocycles. The first-order valence-corrected chi connectivity index (χ1v) is 10.5. The van der Waals surface area contributed by atoms with Crippen LogP contribution in [0.4, 0.5) is 4.39 Å². The Kier molecular flexibility index (Phi) is 6.52. The monoisotopic (exact) mass is 439 g/mol. The maximum atomic E-state index is 14.8. The van der Waals surface area contributed by atoms with E-state index in [1.54, 1.807) is 4.57 Å². The van der Waals surface area contributed by atoms with E-state index in [-0.39, 0.29) is 22.5 Å². The highest BCUT2D eigenvalue weighted by Crippen LogP contribution is 2.34. The Bertz CT molecular complexity index is 878. The highest BCUT2D eigenvalue weighted by Gasteiger charge is 2.28. The van der Waals surface area contributed by atoms with Crippen LogP contribution in [0.15, 0.2) is 15.3 Å². The molecule has 0 unspecified atom stereocenters. The quantitative estimate of drug-likeness (QED) is 0.656. The lowest BCUT2D eigenvalue weighted by Gasteiger charge is -2.35. The molecule has 7 heteroatoms. The Morgan fingerprint density at radius 1 is 1.30 bits per heavy atom. The van der Waals surface area contributed by atoms with Gasteiger partial charge in [0.05, 0.1) is 23.0 Å². The van der Waals surface area contributed by atoms with Gasteiger partial charge in [-0.25, -0.2) is 9.37 Å². The molecule has 0 aliphatic carbocycles. The van der Waals surface area contributed by atoms with Crippen LogP contribution < -0.4 is 10.3 Å². The summed E-state index contributed by atoms with van der Waals surface area (Å²) >= 11 is 3.40. The smallest absolute Gasteiger partial charge is 0.262 e. The number of halogens is 2. The minimum Gasteiger partial charge on any atom is -0.495 e. The van der Waals surface area contributed by atoms with Crippen molar-refractivity contribution in [1.29, 1.82) is 0 Å². The van der Waals surface area contributed by atoms with Gasteiger partial charge in [-0.05, 0) is 55.2 Å². The van der Waals surface area contributed by atoms with E-state index in [9.17, 15) is 9.18 Å². The third kappa shape index (κ3) is 3.76. The van der Waals surface area contributed by atoms with Gasteiger partial charge in [0.25, 0.3) is 5.56 Å². The summed E-state index contributed by atoms with van der Waals surface area (Å²) in [6.07, 6.45) is 5.43. The van der Waals surface area contributed by atoms with Gasteiger partial charge < -0.3 is 4.74 Å². The highest BCUT2D eigenvalue weighted by atomic mass is 79.9. The van der Waals surface area contributed by atoms with Crippen molar-refractivity contribution < 1.29 is 9.13 Å². The fraction of sp³-hybridized carbons (Fsp3) is 0.600. The number of benzene rings is 1. The van der Waals surface area contributed by atoms with Gasteiger partial charge in [-0.3, -0.25) is 14.3 Å². The molecule has 1 aliphatic rings. The number of piperidine rings is 1. The van der Waals surface area contributed by atoms with Crippen molar-refractivity contribution in [2.45, 2.75) is 58.5 Å². The topological polar surface area (TPSA) is 47.4 Å². The molecule has 0 spiro atoms. The SMILES string of the molecule is CCC[C@@H](c1nc2c(F)cc(OC)c(Br)c2c(=O)n1CC)N1CCCCC1. The van der Waals surface area contributed by atoms with E-state index < -0.39 is 5.82 Å². The highest BCUT2D eigenvalue weighted by molar-refractivity contribution is 9.10. The molecule has 0 bridgehead atoms. The molecular formula is C20H27BrFN3O2. The molecule has 0 amide bonds. The maximum absolute atomic E-state index is 14.8. The summed E-state index contributed by atoms with van der Waals surface area (Å²) in [6.45, 7) is 6.56. The fourth-order valence-electron chi connectivity index (χ4n) is 4.00. The summed E-state index contributed by atoms with van der Waals surface area (Å²) in [5.74, 6) is 0.450. The molecule has 5 nitrogen and oxygen atoms in total. The molecule has 1 atom stereocenters. The van der Waals surface area contributed by atoms with Gasteiger partial charge in [0.1, 0.15) is 17.1 Å². The number of fused-ring (bicyclic) bond motifs is 1. The second-order valence-electron chi connectivity index (χ2n) is 7.02. The number of rotatable bonds is 6. The zero-order valence-corrected chi connectivity index (χ0v) is 17.8. The summed E-state index contributed by atoms with van der Waals surface area (Å²) in [5, 5.41) is 0.242. The zero-order valence-electron chi connectivity index (χ0n) is 16.2. The second-order valence-corrected chi connectivity index (χ2v) is 7.81. The number of likely N-dealkylation sites (tertiary alicyclic amines) is 1. The average molecular weight is 440 g/mol. The van der Waals surface area contributed by atoms with Crippen LogP contribution in [-0.2, 0) is 6.54 Å². The molecule has 0 radical (unpaired) electrons. The van der Waals surface area contributed by atoms with Gasteiger partial charge in [0, 0.05) is 12.6 Å². The van der Waals surface area contributed by atoms with Crippen LogP contribution >= 0.6 is 15.9 Å². The molecular weight excluding hydrogens is 413 g/mol. The van der Waals surface area contributed by atoms with E-state index in [4.69, 9.17) is 9.72 Å². The van der Waals surface area contributed by atoms with Crippen molar-refractivity contribution in [3.8, 4) is 5.75 Å². The molecule has 148 valence electrons. The van der Waals surface area contributed by atoms with Crippen LogP contribution in [0.5, 0.6) is 5.75 Å². The Morgan fingerprint density at radius 3 is 2.59 bits per heavy atom. The minimum absolute atomic E-state index is 0.0348. The summed E-state index contributed by atoms with van der Waals surface area (Å²) < 4.78 is 22.1. The molecule has 2 aromatic rings. The molecule has 1 fully saturated rings. The molecule has 3 rings (SSSR count). The van der Waals surface area contributed by atoms with Crippen molar-refractivity contribution in [1.82, 2.24) is 14.5 Å². The summed E-state index contributed by atoms with van der Waals surface area (Å²) in [4.78, 5) is 20.4. The van der Waals surface area contributed by atoms with E-state index in [0.717, 1.165) is 38.8 Å². The number of nitrogens with zero attached hydrogens (tertiary/aromatic N) is 3. The summed E-state index contributed by atoms with van der Waals surface area (Å²) in [7, 11) is 1.46. The van der Waals surface area contributed by atoms with Crippen molar-refractivity contribution in [3.63, 3.8) is 0 Å². The third-order valence-electron chi connectivity index (χ3n) is 5.35. The van der Waals surface area contributed by atoms with E-state index in [2.05, 4.69) is 27.8 Å². The van der Waals surface area contributed by atoms with Crippen molar-refractivity contribution in [2.24, 2.45) is 0 Å². The van der Waals surface area contributed by atoms with Crippen molar-refractivity contribution in [2.75, 3.05) is 20.2 Å². The average Bonchev–Trinajstić information content (AvgIpc) is 2.69. The first kappa shape index (κ1) is 20.3. The number of ether oxygens (including phenoxy) is 1. The van der Waals surface area contributed by atoms with Crippen LogP contribution in [0.2, 0.25) is 0 Å². The Balaban J connectivity index is 2.25. The molecule has 0 N–H and O–H groups in total. The predicted octanol–water partition coefficient (Wildman–Crippen LogP) is 4.65. The van der Waals surface area contributed by atoms with Gasteiger partial charge in [0.15, 0.2) is 5.82 Å². The predicted molar refractivity (Wildman–Crippen MR) is 109 cm³/mol. The number of methoxy groups -OCH3 is 1. The van der Waals surface area contributed by atoms with Crippen LogP contribution in [0.1, 0.15) is 57.8 Å². The van der Waals surface area contributed by atoms with Gasteiger partial charge in [0.2, 0.25) is 0 Å². The van der Waals surface area contributed by atoms with Gasteiger partial charge in [-0.1, -0.05) is 19.8 Å². The van der Waals surface area contributed by atoms with Crippen LogP contribution in [-0.4, -0.2) is 34.7 Å². The normalized spacial score (nSPS) is 16.6. The van der Waals surface area contributed by atoms with Crippen molar-refractivity contribution >= 4 is 26.8 Å². The standard InChI is InChI=1S/C20H27BrFN3O2/c1-4-9-14(24-10-7-6-8-11-24)19-23-18-13(22)12-15(27-3)17(21)16(18)20(26)25(19)5-2/h12,14H,4-11H2,1-3H3/t14-/m0/s1. The molecule has 27 heavy (non-hydrogen) atoms. The lowest BCUT2D eigenvalue weighted by atomic mass is 10.0. The molecule has 0 saturated carbocycles. The maximum Gasteiger partial charge on any atom is 0.262 e. The van der Waals surface area contributed by atoms with E-state index in [1.807, 2.05) is 6.92 Å². The molecule has 1 aromatic carbocycles. The minimum atomic E-state index is -0.527. The number of aromatic nitrogens is 2. The Hall–Kier alpha value is -1.47. The van der Waals surface area contributed by atoms with E-state index in [1.165, 1.54) is 19.6 Å². The van der Waals surface area contributed by atoms with Gasteiger partial charge in [-0.15, -0.1) is 0 Å². The first-order chi connectivity index (χ1) is 13.0. The lowest BCUT2D eigenvalue weighted by Crippen LogP contribution is -2.38. The largest absolute Gasteiger partial charge is 0.495 e. The van der Waals surface area contributed by atoms with Gasteiger partial charge in [-0.2, -0.15) is 0 Å². The molecule has 2 heterocycles. The first-order valence-electron chi connectivity index (χ1n) is 9.73. The molecule has 1 saturated heterocycles. The fourth-order valence-corrected chi connectivity index (χ4v) is 4.63. The van der Waals surface area contributed by atoms with E-state index in [0.29, 0.717) is 22.6 Å². The second kappa shape index (κ2) is 8.69. The Labute approximate surface area is 167 Å². The third-order valence-corrected chi connectivity index (χ3v) is 6.13. The van der Waals surface area contributed by atoms with Crippen LogP contribution in [0, 0.1) is 5.82 Å². The summed E-state index contributed by atoms with van der Waals surface area (Å²) in [6, 6.07) is 1.32. The van der Waals surface area contributed by atoms with Crippen LogP contribution in [0.25, 0.3) is 10.9 Å². The van der Waals surface area contributed by atoms with Gasteiger partial charge >= 0.3 is 0 Å². The number of hydrogen-bond acceptors (Lipinski definition) is 4. The lowest BCUT2D eigenvalue weighted by molar-refractivity contribution is 0.144. The van der Waals surface area contributed by atoms with Crippen molar-refractivity contribution in [3.05, 3.63) is 32.5 Å². The van der Waals surface area contributed by atoms with Crippen LogP contribution in [0.3, 0.4) is 0 Å².